The first-order valence-corrected chi connectivity index (χ1v) is 8.73. The van der Waals surface area contributed by atoms with E-state index in [1.54, 1.807) is 0 Å². The van der Waals surface area contributed by atoms with Crippen LogP contribution in [-0.2, 0) is 4.79 Å². The van der Waals surface area contributed by atoms with Crippen molar-refractivity contribution in [1.82, 2.24) is 10.2 Å². The van der Waals surface area contributed by atoms with E-state index in [4.69, 9.17) is 11.6 Å². The number of nitrogens with one attached hydrogen (secondary N) is 1. The predicted octanol–water partition coefficient (Wildman–Crippen LogP) is 3.64. The number of carbonyl (C=O) groups is 1. The zero-order chi connectivity index (χ0) is 15.7. The fourth-order valence-corrected chi connectivity index (χ4v) is 3.72. The molecule has 4 heteroatoms. The number of carbonyl (C=O) groups excluding carboxylic acids is 1. The maximum atomic E-state index is 12.2. The summed E-state index contributed by atoms with van der Waals surface area (Å²) in [5.74, 6) is 1.18. The van der Waals surface area contributed by atoms with Crippen LogP contribution in [0.5, 0.6) is 0 Å². The molecular formula is C18H25ClN2O. The summed E-state index contributed by atoms with van der Waals surface area (Å²) in [6.07, 6.45) is 3.21. The van der Waals surface area contributed by atoms with E-state index in [1.807, 2.05) is 18.2 Å². The highest BCUT2D eigenvalue weighted by Gasteiger charge is 2.37. The Bertz CT molecular complexity index is 544. The molecule has 120 valence electrons. The van der Waals surface area contributed by atoms with Crippen LogP contribution in [0.3, 0.4) is 0 Å². The van der Waals surface area contributed by atoms with Gasteiger partial charge in [0.15, 0.2) is 0 Å². The smallest absolute Gasteiger partial charge is 0.225 e. The van der Waals surface area contributed by atoms with E-state index < -0.39 is 0 Å². The van der Waals surface area contributed by atoms with Gasteiger partial charge in [-0.25, -0.2) is 0 Å². The number of amides is 1. The summed E-state index contributed by atoms with van der Waals surface area (Å²) in [6.45, 7) is 6.16. The lowest BCUT2D eigenvalue weighted by atomic mass is 9.92. The van der Waals surface area contributed by atoms with Crippen LogP contribution in [0.4, 0.5) is 0 Å². The Balaban J connectivity index is 1.57. The number of benzene rings is 1. The molecule has 1 aromatic carbocycles. The van der Waals surface area contributed by atoms with E-state index in [0.717, 1.165) is 42.9 Å². The van der Waals surface area contributed by atoms with E-state index in [1.165, 1.54) is 0 Å². The van der Waals surface area contributed by atoms with Gasteiger partial charge in [-0.15, -0.1) is 0 Å². The molecule has 2 fully saturated rings. The molecule has 1 aromatic rings. The summed E-state index contributed by atoms with van der Waals surface area (Å²) in [7, 11) is 0. The quantitative estimate of drug-likeness (QED) is 0.918. The maximum Gasteiger partial charge on any atom is 0.225 e. The molecule has 0 radical (unpaired) electrons. The monoisotopic (exact) mass is 320 g/mol. The van der Waals surface area contributed by atoms with Gasteiger partial charge in [0.05, 0.1) is 0 Å². The number of hydrogen-bond acceptors (Lipinski definition) is 2. The summed E-state index contributed by atoms with van der Waals surface area (Å²) in [6, 6.07) is 8.68. The molecule has 1 aliphatic heterocycles. The van der Waals surface area contributed by atoms with E-state index in [0.29, 0.717) is 23.8 Å². The zero-order valence-corrected chi connectivity index (χ0v) is 14.1. The van der Waals surface area contributed by atoms with Crippen molar-refractivity contribution in [3.63, 3.8) is 0 Å². The fourth-order valence-electron chi connectivity index (χ4n) is 3.42. The van der Waals surface area contributed by atoms with Gasteiger partial charge in [-0.1, -0.05) is 36.7 Å². The molecule has 0 aromatic heterocycles. The number of piperidine rings is 1. The number of hydrogen-bond donors (Lipinski definition) is 1. The third-order valence-corrected chi connectivity index (χ3v) is 5.32. The summed E-state index contributed by atoms with van der Waals surface area (Å²) in [5.41, 5.74) is 1.15. The van der Waals surface area contributed by atoms with E-state index in [2.05, 4.69) is 30.1 Å². The second kappa shape index (κ2) is 6.59. The number of likely N-dealkylation sites (tertiary alicyclic amines) is 1. The molecule has 22 heavy (non-hydrogen) atoms. The Morgan fingerprint density at radius 2 is 2.05 bits per heavy atom. The van der Waals surface area contributed by atoms with Gasteiger partial charge in [0, 0.05) is 36.1 Å². The Labute approximate surface area is 138 Å². The van der Waals surface area contributed by atoms with Crippen molar-refractivity contribution in [2.45, 2.75) is 45.2 Å². The molecule has 1 heterocycles. The molecule has 1 amide bonds. The minimum absolute atomic E-state index is 0.229. The van der Waals surface area contributed by atoms with Gasteiger partial charge in [0.1, 0.15) is 0 Å². The van der Waals surface area contributed by atoms with Crippen molar-refractivity contribution < 1.29 is 4.79 Å². The first-order valence-electron chi connectivity index (χ1n) is 8.35. The fraction of sp³-hybridized carbons (Fsp3) is 0.611. The van der Waals surface area contributed by atoms with Gasteiger partial charge >= 0.3 is 0 Å². The third-order valence-electron chi connectivity index (χ3n) is 4.98. The molecule has 1 saturated heterocycles. The van der Waals surface area contributed by atoms with Crippen molar-refractivity contribution in [3.8, 4) is 0 Å². The normalized spacial score (nSPS) is 26.8. The van der Waals surface area contributed by atoms with Crippen LogP contribution in [0.15, 0.2) is 24.3 Å². The average Bonchev–Trinajstić information content (AvgIpc) is 3.33. The van der Waals surface area contributed by atoms with Crippen molar-refractivity contribution in [2.75, 3.05) is 13.1 Å². The van der Waals surface area contributed by atoms with Gasteiger partial charge in [-0.05, 0) is 43.7 Å². The number of rotatable bonds is 4. The first-order chi connectivity index (χ1) is 10.6. The number of nitrogens with zero attached hydrogens (tertiary/aromatic N) is 1. The van der Waals surface area contributed by atoms with Crippen LogP contribution < -0.4 is 5.32 Å². The molecule has 3 atom stereocenters. The van der Waals surface area contributed by atoms with E-state index >= 15 is 0 Å². The lowest BCUT2D eigenvalue weighted by Crippen LogP contribution is -2.51. The molecule has 1 aliphatic carbocycles. The topological polar surface area (TPSA) is 32.3 Å². The summed E-state index contributed by atoms with van der Waals surface area (Å²) >= 11 is 6.29. The van der Waals surface area contributed by atoms with Crippen molar-refractivity contribution in [1.29, 1.82) is 0 Å². The molecule has 3 rings (SSSR count). The van der Waals surface area contributed by atoms with Crippen LogP contribution in [0.25, 0.3) is 0 Å². The Kier molecular flexibility index (Phi) is 4.74. The maximum absolute atomic E-state index is 12.2. The van der Waals surface area contributed by atoms with Crippen molar-refractivity contribution in [2.24, 2.45) is 11.8 Å². The standard InChI is InChI=1S/C18H25ClN2O/c1-12-11-21(18(22)14-7-8-14)10-9-17(12)20-13(2)15-5-3-4-6-16(15)19/h3-6,12-14,17,20H,7-11H2,1-2H3/t12-,13+,17+/m1/s1. The predicted molar refractivity (Wildman–Crippen MR) is 89.9 cm³/mol. The molecule has 3 nitrogen and oxygen atoms in total. The van der Waals surface area contributed by atoms with Gasteiger partial charge < -0.3 is 10.2 Å². The van der Waals surface area contributed by atoms with Crippen LogP contribution in [-0.4, -0.2) is 29.9 Å². The molecule has 1 N–H and O–H groups in total. The Morgan fingerprint density at radius 3 is 2.68 bits per heavy atom. The van der Waals surface area contributed by atoms with Crippen molar-refractivity contribution >= 4 is 17.5 Å². The average molecular weight is 321 g/mol. The van der Waals surface area contributed by atoms with Crippen LogP contribution >= 0.6 is 11.6 Å². The summed E-state index contributed by atoms with van der Waals surface area (Å²) in [5, 5.41) is 4.52. The Morgan fingerprint density at radius 1 is 1.32 bits per heavy atom. The first kappa shape index (κ1) is 15.8. The van der Waals surface area contributed by atoms with Gasteiger partial charge in [-0.3, -0.25) is 4.79 Å². The van der Waals surface area contributed by atoms with E-state index in [9.17, 15) is 4.79 Å². The second-order valence-electron chi connectivity index (χ2n) is 6.84. The minimum atomic E-state index is 0.229. The molecular weight excluding hydrogens is 296 g/mol. The molecule has 0 bridgehead atoms. The van der Waals surface area contributed by atoms with Gasteiger partial charge in [-0.2, -0.15) is 0 Å². The lowest BCUT2D eigenvalue weighted by Gasteiger charge is -2.39. The highest BCUT2D eigenvalue weighted by atomic mass is 35.5. The van der Waals surface area contributed by atoms with Gasteiger partial charge in [0.25, 0.3) is 0 Å². The molecule has 0 spiro atoms. The molecule has 1 saturated carbocycles. The molecule has 0 unspecified atom stereocenters. The van der Waals surface area contributed by atoms with Crippen LogP contribution in [0, 0.1) is 11.8 Å². The lowest BCUT2D eigenvalue weighted by molar-refractivity contribution is -0.134. The van der Waals surface area contributed by atoms with Crippen molar-refractivity contribution in [3.05, 3.63) is 34.9 Å². The largest absolute Gasteiger partial charge is 0.342 e. The summed E-state index contributed by atoms with van der Waals surface area (Å²) < 4.78 is 0. The van der Waals surface area contributed by atoms with Crippen LogP contribution in [0.1, 0.15) is 44.7 Å². The second-order valence-corrected chi connectivity index (χ2v) is 7.25. The van der Waals surface area contributed by atoms with E-state index in [-0.39, 0.29) is 6.04 Å². The van der Waals surface area contributed by atoms with Crippen LogP contribution in [0.2, 0.25) is 5.02 Å². The highest BCUT2D eigenvalue weighted by molar-refractivity contribution is 6.31. The highest BCUT2D eigenvalue weighted by Crippen LogP contribution is 2.33. The Hall–Kier alpha value is -1.06. The summed E-state index contributed by atoms with van der Waals surface area (Å²) in [4.78, 5) is 14.3. The number of halogens is 1. The SMILES string of the molecule is C[C@H](N[C@H]1CCN(C(=O)C2CC2)C[C@H]1C)c1ccccc1Cl. The third kappa shape index (κ3) is 3.47. The van der Waals surface area contributed by atoms with Gasteiger partial charge in [0.2, 0.25) is 5.91 Å². The molecule has 2 aliphatic rings. The zero-order valence-electron chi connectivity index (χ0n) is 13.4. The minimum Gasteiger partial charge on any atom is -0.342 e.